The first-order valence-corrected chi connectivity index (χ1v) is 8.42. The van der Waals surface area contributed by atoms with E-state index >= 15 is 0 Å². The Morgan fingerprint density at radius 2 is 1.46 bits per heavy atom. The van der Waals surface area contributed by atoms with Gasteiger partial charge in [0.2, 0.25) is 0 Å². The van der Waals surface area contributed by atoms with E-state index < -0.39 is 0 Å². The average Bonchev–Trinajstić information content (AvgIpc) is 2.65. The van der Waals surface area contributed by atoms with Crippen molar-refractivity contribution in [3.8, 4) is 11.1 Å². The summed E-state index contributed by atoms with van der Waals surface area (Å²) in [6.45, 7) is 1.99. The number of fused-ring (bicyclic) bond motifs is 2. The number of hydrogen-bond donors (Lipinski definition) is 2. The topological polar surface area (TPSA) is 72.2 Å². The van der Waals surface area contributed by atoms with E-state index in [9.17, 15) is 9.59 Å². The van der Waals surface area contributed by atoms with Crippen molar-refractivity contribution in [1.29, 1.82) is 0 Å². The van der Waals surface area contributed by atoms with Crippen molar-refractivity contribution in [2.24, 2.45) is 0 Å². The van der Waals surface area contributed by atoms with Crippen LogP contribution in [-0.4, -0.2) is 18.6 Å². The van der Waals surface area contributed by atoms with E-state index in [1.165, 1.54) is 0 Å². The molecule has 1 aliphatic carbocycles. The molecular weight excluding hydrogens is 324 g/mol. The Morgan fingerprint density at radius 1 is 0.808 bits per heavy atom. The molecule has 3 N–H and O–H groups in total. The standard InChI is InChI=1S/C22H18N2O2/c1-12-6-5-7-13(10-12)16-11-17(23)20(24-2)19-18(16)21(25)14-8-3-4-9-15(14)22(19)26/h3-11,24H,23H2,1-2H3. The van der Waals surface area contributed by atoms with Gasteiger partial charge in [-0.2, -0.15) is 0 Å². The van der Waals surface area contributed by atoms with Crippen molar-refractivity contribution in [2.45, 2.75) is 6.92 Å². The van der Waals surface area contributed by atoms with Crippen molar-refractivity contribution >= 4 is 22.9 Å². The third kappa shape index (κ3) is 2.23. The van der Waals surface area contributed by atoms with Crippen molar-refractivity contribution in [2.75, 3.05) is 18.1 Å². The van der Waals surface area contributed by atoms with Gasteiger partial charge in [0.1, 0.15) is 0 Å². The van der Waals surface area contributed by atoms with Crippen LogP contribution in [0.1, 0.15) is 37.4 Å². The van der Waals surface area contributed by atoms with Crippen molar-refractivity contribution in [3.63, 3.8) is 0 Å². The van der Waals surface area contributed by atoms with Gasteiger partial charge in [-0.3, -0.25) is 9.59 Å². The Hall–Kier alpha value is -3.40. The normalized spacial score (nSPS) is 12.5. The summed E-state index contributed by atoms with van der Waals surface area (Å²) < 4.78 is 0. The molecule has 0 spiro atoms. The largest absolute Gasteiger partial charge is 0.397 e. The van der Waals surface area contributed by atoms with Gasteiger partial charge < -0.3 is 11.1 Å². The fourth-order valence-electron chi connectivity index (χ4n) is 3.62. The molecule has 3 aromatic carbocycles. The molecule has 0 amide bonds. The number of nitrogen functional groups attached to an aromatic ring is 1. The summed E-state index contributed by atoms with van der Waals surface area (Å²) in [6, 6.07) is 16.6. The zero-order valence-corrected chi connectivity index (χ0v) is 14.6. The van der Waals surface area contributed by atoms with Crippen LogP contribution in [0.15, 0.2) is 54.6 Å². The number of nitrogens with one attached hydrogen (secondary N) is 1. The second-order valence-corrected chi connectivity index (χ2v) is 6.46. The molecule has 0 bridgehead atoms. The molecule has 26 heavy (non-hydrogen) atoms. The van der Waals surface area contributed by atoms with E-state index in [2.05, 4.69) is 5.32 Å². The van der Waals surface area contributed by atoms with Crippen LogP contribution < -0.4 is 11.1 Å². The highest BCUT2D eigenvalue weighted by Crippen LogP contribution is 2.41. The highest BCUT2D eigenvalue weighted by Gasteiger charge is 2.34. The van der Waals surface area contributed by atoms with Crippen molar-refractivity contribution in [3.05, 3.63) is 82.4 Å². The second-order valence-electron chi connectivity index (χ2n) is 6.46. The SMILES string of the molecule is CNc1c(N)cc(-c2cccc(C)c2)c2c1C(=O)c1ccccc1C2=O. The molecule has 4 rings (SSSR count). The number of carbonyl (C=O) groups is 2. The van der Waals surface area contributed by atoms with Gasteiger partial charge >= 0.3 is 0 Å². The van der Waals surface area contributed by atoms with Crippen molar-refractivity contribution < 1.29 is 9.59 Å². The molecule has 0 fully saturated rings. The van der Waals surface area contributed by atoms with E-state index in [-0.39, 0.29) is 11.6 Å². The van der Waals surface area contributed by atoms with Gasteiger partial charge in [0.05, 0.1) is 16.9 Å². The summed E-state index contributed by atoms with van der Waals surface area (Å²) in [6.07, 6.45) is 0. The molecule has 0 saturated heterocycles. The van der Waals surface area contributed by atoms with E-state index in [0.717, 1.165) is 11.1 Å². The fraction of sp³-hybridized carbons (Fsp3) is 0.0909. The third-order valence-electron chi connectivity index (χ3n) is 4.81. The van der Waals surface area contributed by atoms with Crippen LogP contribution in [0.25, 0.3) is 11.1 Å². The van der Waals surface area contributed by atoms with Gasteiger partial charge in [0.15, 0.2) is 11.6 Å². The molecule has 0 atom stereocenters. The van der Waals surface area contributed by atoms with E-state index in [1.54, 1.807) is 37.4 Å². The minimum absolute atomic E-state index is 0.150. The Labute approximate surface area is 151 Å². The summed E-state index contributed by atoms with van der Waals surface area (Å²) in [5, 5.41) is 3.00. The summed E-state index contributed by atoms with van der Waals surface area (Å²) >= 11 is 0. The first-order valence-electron chi connectivity index (χ1n) is 8.42. The van der Waals surface area contributed by atoms with E-state index in [0.29, 0.717) is 39.2 Å². The van der Waals surface area contributed by atoms with E-state index in [4.69, 9.17) is 5.73 Å². The summed E-state index contributed by atoms with van der Waals surface area (Å²) in [7, 11) is 1.70. The smallest absolute Gasteiger partial charge is 0.196 e. The zero-order chi connectivity index (χ0) is 18.4. The van der Waals surface area contributed by atoms with Crippen LogP contribution >= 0.6 is 0 Å². The number of aryl methyl sites for hydroxylation is 1. The lowest BCUT2D eigenvalue weighted by molar-refractivity contribution is 0.0980. The molecule has 0 aliphatic heterocycles. The second kappa shape index (κ2) is 5.85. The number of anilines is 2. The molecule has 0 saturated carbocycles. The van der Waals surface area contributed by atoms with Crippen LogP contribution in [-0.2, 0) is 0 Å². The average molecular weight is 342 g/mol. The third-order valence-corrected chi connectivity index (χ3v) is 4.81. The first kappa shape index (κ1) is 16.1. The van der Waals surface area contributed by atoms with Crippen LogP contribution in [0, 0.1) is 6.92 Å². The molecule has 3 aromatic rings. The first-order chi connectivity index (χ1) is 12.5. The molecule has 0 heterocycles. The lowest BCUT2D eigenvalue weighted by Gasteiger charge is -2.24. The molecule has 1 aliphatic rings. The highest BCUT2D eigenvalue weighted by molar-refractivity contribution is 6.32. The molecule has 0 aromatic heterocycles. The van der Waals surface area contributed by atoms with Gasteiger partial charge in [-0.1, -0.05) is 54.1 Å². The predicted molar refractivity (Wildman–Crippen MR) is 104 cm³/mol. The Morgan fingerprint density at radius 3 is 2.08 bits per heavy atom. The summed E-state index contributed by atoms with van der Waals surface area (Å²) in [4.78, 5) is 26.5. The van der Waals surface area contributed by atoms with Crippen LogP contribution in [0.5, 0.6) is 0 Å². The van der Waals surface area contributed by atoms with E-state index in [1.807, 2.05) is 31.2 Å². The highest BCUT2D eigenvalue weighted by atomic mass is 16.1. The monoisotopic (exact) mass is 342 g/mol. The van der Waals surface area contributed by atoms with Gasteiger partial charge in [-0.15, -0.1) is 0 Å². The van der Waals surface area contributed by atoms with Crippen molar-refractivity contribution in [1.82, 2.24) is 0 Å². The minimum atomic E-state index is -0.180. The number of benzene rings is 3. The van der Waals surface area contributed by atoms with Gasteiger partial charge in [0, 0.05) is 23.7 Å². The minimum Gasteiger partial charge on any atom is -0.397 e. The maximum absolute atomic E-state index is 13.3. The molecule has 4 heteroatoms. The van der Waals surface area contributed by atoms with Gasteiger partial charge in [0.25, 0.3) is 0 Å². The van der Waals surface area contributed by atoms with Crippen LogP contribution in [0.3, 0.4) is 0 Å². The van der Waals surface area contributed by atoms with Crippen LogP contribution in [0.4, 0.5) is 11.4 Å². The molecule has 128 valence electrons. The summed E-state index contributed by atoms with van der Waals surface area (Å²) in [5.74, 6) is -0.330. The predicted octanol–water partition coefficient (Wildman–Crippen LogP) is 4.06. The molecule has 0 unspecified atom stereocenters. The number of nitrogens with two attached hydrogens (primary N) is 1. The number of ketones is 2. The van der Waals surface area contributed by atoms with Gasteiger partial charge in [-0.25, -0.2) is 0 Å². The molecule has 4 nitrogen and oxygen atoms in total. The fourth-order valence-corrected chi connectivity index (χ4v) is 3.62. The number of rotatable bonds is 2. The Bertz CT molecular complexity index is 1080. The Balaban J connectivity index is 2.11. The maximum Gasteiger partial charge on any atom is 0.196 e. The lowest BCUT2D eigenvalue weighted by atomic mass is 9.79. The Kier molecular flexibility index (Phi) is 3.62. The lowest BCUT2D eigenvalue weighted by Crippen LogP contribution is -2.24. The molecule has 0 radical (unpaired) electrons. The molecular formula is C22H18N2O2. The quantitative estimate of drug-likeness (QED) is 0.539. The number of hydrogen-bond acceptors (Lipinski definition) is 4. The summed E-state index contributed by atoms with van der Waals surface area (Å²) in [5.41, 5.74) is 11.4. The van der Waals surface area contributed by atoms with Gasteiger partial charge in [-0.05, 0) is 24.1 Å². The van der Waals surface area contributed by atoms with Crippen LogP contribution in [0.2, 0.25) is 0 Å². The zero-order valence-electron chi connectivity index (χ0n) is 14.6. The maximum atomic E-state index is 13.3. The number of carbonyl (C=O) groups excluding carboxylic acids is 2.